The molecule has 1 heterocycles. The van der Waals surface area contributed by atoms with Gasteiger partial charge in [-0.05, 0) is 23.9 Å². The highest BCUT2D eigenvalue weighted by Crippen LogP contribution is 2.13. The first kappa shape index (κ1) is 16.0. The summed E-state index contributed by atoms with van der Waals surface area (Å²) in [5, 5.41) is 10.4. The van der Waals surface area contributed by atoms with E-state index in [9.17, 15) is 4.79 Å². The molecule has 0 N–H and O–H groups in total. The quantitative estimate of drug-likeness (QED) is 0.377. The summed E-state index contributed by atoms with van der Waals surface area (Å²) >= 11 is 1.60. The molecule has 0 radical (unpaired) electrons. The molecule has 0 aliphatic heterocycles. The largest absolute Gasteiger partial charge is 0.287 e. The van der Waals surface area contributed by atoms with E-state index in [1.165, 1.54) is 0 Å². The van der Waals surface area contributed by atoms with E-state index in [0.29, 0.717) is 11.3 Å². The zero-order valence-corrected chi connectivity index (χ0v) is 14.0. The highest BCUT2D eigenvalue weighted by atomic mass is 32.1. The van der Waals surface area contributed by atoms with Crippen LogP contribution >= 0.6 is 11.3 Å². The van der Waals surface area contributed by atoms with Gasteiger partial charge in [-0.15, -0.1) is 16.4 Å². The Hall–Kier alpha value is -2.85. The lowest BCUT2D eigenvalue weighted by atomic mass is 10.0. The predicted octanol–water partition coefficient (Wildman–Crippen LogP) is 4.76. The third kappa shape index (κ3) is 3.73. The molecule has 0 fully saturated rings. The standard InChI is InChI=1S/C20H16N2OS/c1-15-12-13-24-18(15)14-21-22-19(16-8-4-2-5-9-16)20(23)17-10-6-3-7-11-17/h2-14H,1H3/b21-14-,22-19-. The first-order valence-electron chi connectivity index (χ1n) is 7.56. The summed E-state index contributed by atoms with van der Waals surface area (Å²) in [7, 11) is 0. The van der Waals surface area contributed by atoms with Crippen molar-refractivity contribution in [2.45, 2.75) is 6.92 Å². The Balaban J connectivity index is 1.97. The maximum absolute atomic E-state index is 12.8. The van der Waals surface area contributed by atoms with Gasteiger partial charge in [0.05, 0.1) is 11.1 Å². The number of carbonyl (C=O) groups is 1. The first-order valence-corrected chi connectivity index (χ1v) is 8.44. The molecule has 4 heteroatoms. The van der Waals surface area contributed by atoms with Crippen LogP contribution in [0, 0.1) is 6.92 Å². The van der Waals surface area contributed by atoms with Crippen LogP contribution in [0.2, 0.25) is 0 Å². The van der Waals surface area contributed by atoms with Crippen molar-refractivity contribution in [1.29, 1.82) is 0 Å². The van der Waals surface area contributed by atoms with Gasteiger partial charge in [-0.3, -0.25) is 4.79 Å². The molecule has 3 rings (SSSR count). The lowest BCUT2D eigenvalue weighted by Gasteiger charge is -2.04. The van der Waals surface area contributed by atoms with Gasteiger partial charge in [0.1, 0.15) is 5.71 Å². The highest BCUT2D eigenvalue weighted by Gasteiger charge is 2.15. The van der Waals surface area contributed by atoms with Crippen LogP contribution in [0.3, 0.4) is 0 Å². The molecule has 0 bridgehead atoms. The molecule has 0 aliphatic carbocycles. The number of Topliss-reactive ketones (excluding diaryl/α,β-unsaturated/α-hetero) is 1. The van der Waals surface area contributed by atoms with Crippen LogP contribution < -0.4 is 0 Å². The molecular weight excluding hydrogens is 316 g/mol. The fourth-order valence-corrected chi connectivity index (χ4v) is 2.99. The molecule has 3 nitrogen and oxygen atoms in total. The summed E-state index contributed by atoms with van der Waals surface area (Å²) in [6, 6.07) is 20.6. The molecule has 0 unspecified atom stereocenters. The van der Waals surface area contributed by atoms with Crippen molar-refractivity contribution in [2.75, 3.05) is 0 Å². The van der Waals surface area contributed by atoms with Gasteiger partial charge < -0.3 is 0 Å². The maximum Gasteiger partial charge on any atom is 0.213 e. The van der Waals surface area contributed by atoms with Crippen molar-refractivity contribution in [2.24, 2.45) is 10.2 Å². The minimum Gasteiger partial charge on any atom is -0.287 e. The van der Waals surface area contributed by atoms with Gasteiger partial charge in [-0.2, -0.15) is 5.10 Å². The highest BCUT2D eigenvalue weighted by molar-refractivity contribution is 7.11. The van der Waals surface area contributed by atoms with Gasteiger partial charge in [-0.25, -0.2) is 0 Å². The fourth-order valence-electron chi connectivity index (χ4n) is 2.21. The van der Waals surface area contributed by atoms with Crippen LogP contribution in [-0.4, -0.2) is 17.7 Å². The van der Waals surface area contributed by atoms with Gasteiger partial charge in [0, 0.05) is 11.1 Å². The summed E-state index contributed by atoms with van der Waals surface area (Å²) < 4.78 is 0. The Bertz CT molecular complexity index is 880. The van der Waals surface area contributed by atoms with E-state index in [0.717, 1.165) is 16.0 Å². The van der Waals surface area contributed by atoms with Crippen molar-refractivity contribution in [3.63, 3.8) is 0 Å². The third-order valence-electron chi connectivity index (χ3n) is 3.53. The monoisotopic (exact) mass is 332 g/mol. The summed E-state index contributed by atoms with van der Waals surface area (Å²) in [5.74, 6) is -0.137. The molecule has 0 saturated carbocycles. The van der Waals surface area contributed by atoms with Crippen molar-refractivity contribution in [3.05, 3.63) is 93.7 Å². The zero-order valence-electron chi connectivity index (χ0n) is 13.2. The van der Waals surface area contributed by atoms with E-state index in [1.807, 2.05) is 66.9 Å². The molecule has 118 valence electrons. The Labute approximate surface area is 145 Å². The molecule has 1 aromatic heterocycles. The Kier molecular flexibility index (Phi) is 5.08. The normalized spacial score (nSPS) is 11.8. The second-order valence-electron chi connectivity index (χ2n) is 5.22. The van der Waals surface area contributed by atoms with Crippen molar-refractivity contribution >= 4 is 29.0 Å². The second-order valence-corrected chi connectivity index (χ2v) is 6.17. The number of carbonyl (C=O) groups excluding carboxylic acids is 1. The molecule has 0 aliphatic rings. The zero-order chi connectivity index (χ0) is 16.8. The lowest BCUT2D eigenvalue weighted by Crippen LogP contribution is -2.15. The molecular formula is C20H16N2OS. The second kappa shape index (κ2) is 7.62. The smallest absolute Gasteiger partial charge is 0.213 e. The average Bonchev–Trinajstić information content (AvgIpc) is 3.05. The molecule has 0 spiro atoms. The minimum atomic E-state index is -0.137. The van der Waals surface area contributed by atoms with Crippen LogP contribution in [0.5, 0.6) is 0 Å². The van der Waals surface area contributed by atoms with E-state index in [1.54, 1.807) is 29.7 Å². The van der Waals surface area contributed by atoms with E-state index in [2.05, 4.69) is 10.2 Å². The topological polar surface area (TPSA) is 41.8 Å². The van der Waals surface area contributed by atoms with Gasteiger partial charge in [0.2, 0.25) is 5.78 Å². The molecule has 2 aromatic carbocycles. The number of rotatable bonds is 5. The molecule has 0 amide bonds. The van der Waals surface area contributed by atoms with Crippen LogP contribution in [0.4, 0.5) is 0 Å². The summed E-state index contributed by atoms with van der Waals surface area (Å²) in [6.45, 7) is 2.02. The van der Waals surface area contributed by atoms with Crippen molar-refractivity contribution < 1.29 is 4.79 Å². The number of nitrogens with zero attached hydrogens (tertiary/aromatic N) is 2. The van der Waals surface area contributed by atoms with E-state index in [-0.39, 0.29) is 5.78 Å². The third-order valence-corrected chi connectivity index (χ3v) is 4.49. The summed E-state index contributed by atoms with van der Waals surface area (Å²) in [5.41, 5.74) is 2.84. The fraction of sp³-hybridized carbons (Fsp3) is 0.0500. The number of ketones is 1. The molecule has 0 saturated heterocycles. The van der Waals surface area contributed by atoms with Crippen molar-refractivity contribution in [1.82, 2.24) is 0 Å². The SMILES string of the molecule is Cc1ccsc1/C=N\N=C(/C(=O)c1ccccc1)c1ccccc1. The number of hydrogen-bond acceptors (Lipinski definition) is 4. The number of thiophene rings is 1. The summed E-state index contributed by atoms with van der Waals surface area (Å²) in [6.07, 6.45) is 1.70. The van der Waals surface area contributed by atoms with E-state index >= 15 is 0 Å². The van der Waals surface area contributed by atoms with Crippen LogP contribution in [0.1, 0.15) is 26.4 Å². The van der Waals surface area contributed by atoms with Crippen LogP contribution in [0.15, 0.2) is 82.3 Å². The predicted molar refractivity (Wildman–Crippen MR) is 100 cm³/mol. The van der Waals surface area contributed by atoms with Gasteiger partial charge in [0.15, 0.2) is 0 Å². The van der Waals surface area contributed by atoms with Crippen LogP contribution in [-0.2, 0) is 0 Å². The van der Waals surface area contributed by atoms with Gasteiger partial charge in [0.25, 0.3) is 0 Å². The van der Waals surface area contributed by atoms with Gasteiger partial charge >= 0.3 is 0 Å². The first-order chi connectivity index (χ1) is 11.8. The minimum absolute atomic E-state index is 0.137. The lowest BCUT2D eigenvalue weighted by molar-refractivity contribution is 0.106. The van der Waals surface area contributed by atoms with Crippen LogP contribution in [0.25, 0.3) is 0 Å². The number of aryl methyl sites for hydroxylation is 1. The molecule has 24 heavy (non-hydrogen) atoms. The summed E-state index contributed by atoms with van der Waals surface area (Å²) in [4.78, 5) is 13.8. The Morgan fingerprint density at radius 3 is 2.12 bits per heavy atom. The van der Waals surface area contributed by atoms with Gasteiger partial charge in [-0.1, -0.05) is 60.7 Å². The van der Waals surface area contributed by atoms with Crippen molar-refractivity contribution in [3.8, 4) is 0 Å². The van der Waals surface area contributed by atoms with E-state index < -0.39 is 0 Å². The number of hydrogen-bond donors (Lipinski definition) is 0. The Morgan fingerprint density at radius 2 is 1.54 bits per heavy atom. The molecule has 0 atom stereocenters. The molecule has 3 aromatic rings. The van der Waals surface area contributed by atoms with E-state index in [4.69, 9.17) is 0 Å². The number of benzene rings is 2. The Morgan fingerprint density at radius 1 is 0.917 bits per heavy atom. The average molecular weight is 332 g/mol. The maximum atomic E-state index is 12.8.